The molecule has 1 N–H and O–H groups in total. The minimum absolute atomic E-state index is 0.0876. The summed E-state index contributed by atoms with van der Waals surface area (Å²) >= 11 is 2.11. The van der Waals surface area contributed by atoms with E-state index < -0.39 is 5.97 Å². The highest BCUT2D eigenvalue weighted by atomic mass is 127. The van der Waals surface area contributed by atoms with Gasteiger partial charge in [0.25, 0.3) is 0 Å². The third kappa shape index (κ3) is 2.94. The van der Waals surface area contributed by atoms with Gasteiger partial charge in [0, 0.05) is 16.9 Å². The molecule has 1 unspecified atom stereocenters. The standard InChI is InChI=1S/C10H14INO3/c1-3-8(6-15-2)12-5-7(11)4-9(12)10(13)14/h4-5,8H,3,6H2,1-2H3,(H,13,14). The fourth-order valence-corrected chi connectivity index (χ4v) is 2.10. The summed E-state index contributed by atoms with van der Waals surface area (Å²) in [5, 5.41) is 9.03. The van der Waals surface area contributed by atoms with Gasteiger partial charge < -0.3 is 14.4 Å². The van der Waals surface area contributed by atoms with Crippen molar-refractivity contribution in [3.05, 3.63) is 21.5 Å². The van der Waals surface area contributed by atoms with E-state index >= 15 is 0 Å². The number of hydrogen-bond acceptors (Lipinski definition) is 2. The number of ether oxygens (including phenoxy) is 1. The highest BCUT2D eigenvalue weighted by Gasteiger charge is 2.17. The fourth-order valence-electron chi connectivity index (χ4n) is 1.51. The van der Waals surface area contributed by atoms with Gasteiger partial charge in [0.15, 0.2) is 0 Å². The molecule has 0 amide bonds. The first-order valence-corrected chi connectivity index (χ1v) is 5.77. The van der Waals surface area contributed by atoms with E-state index in [0.29, 0.717) is 12.3 Å². The van der Waals surface area contributed by atoms with Crippen molar-refractivity contribution in [2.24, 2.45) is 0 Å². The molecule has 1 atom stereocenters. The molecule has 0 saturated carbocycles. The molecule has 84 valence electrons. The van der Waals surface area contributed by atoms with Crippen molar-refractivity contribution in [1.29, 1.82) is 0 Å². The maximum atomic E-state index is 11.0. The fraction of sp³-hybridized carbons (Fsp3) is 0.500. The van der Waals surface area contributed by atoms with Crippen molar-refractivity contribution >= 4 is 28.6 Å². The monoisotopic (exact) mass is 323 g/mol. The molecule has 0 aliphatic rings. The second-order valence-corrected chi connectivity index (χ2v) is 4.52. The van der Waals surface area contributed by atoms with Crippen LogP contribution < -0.4 is 0 Å². The first kappa shape index (κ1) is 12.5. The first-order valence-electron chi connectivity index (χ1n) is 4.69. The lowest BCUT2D eigenvalue weighted by molar-refractivity contribution is 0.0676. The number of aromatic carboxylic acids is 1. The number of halogens is 1. The smallest absolute Gasteiger partial charge is 0.352 e. The maximum absolute atomic E-state index is 11.0. The molecule has 1 aromatic rings. The van der Waals surface area contributed by atoms with Crippen LogP contribution in [0.2, 0.25) is 0 Å². The number of aromatic nitrogens is 1. The third-order valence-corrected chi connectivity index (χ3v) is 2.85. The molecule has 1 heterocycles. The Hall–Kier alpha value is -0.560. The van der Waals surface area contributed by atoms with Crippen molar-refractivity contribution in [1.82, 2.24) is 4.57 Å². The molecule has 15 heavy (non-hydrogen) atoms. The van der Waals surface area contributed by atoms with Crippen molar-refractivity contribution in [3.63, 3.8) is 0 Å². The minimum atomic E-state index is -0.896. The topological polar surface area (TPSA) is 51.5 Å². The normalized spacial score (nSPS) is 12.7. The highest BCUT2D eigenvalue weighted by Crippen LogP contribution is 2.19. The average molecular weight is 323 g/mol. The van der Waals surface area contributed by atoms with Crippen molar-refractivity contribution in [2.45, 2.75) is 19.4 Å². The van der Waals surface area contributed by atoms with Crippen LogP contribution in [-0.4, -0.2) is 29.4 Å². The van der Waals surface area contributed by atoms with Gasteiger partial charge in [0.2, 0.25) is 0 Å². The number of carboxylic acids is 1. The predicted octanol–water partition coefficient (Wildman–Crippen LogP) is 2.39. The Morgan fingerprint density at radius 3 is 2.87 bits per heavy atom. The van der Waals surface area contributed by atoms with Crippen LogP contribution in [-0.2, 0) is 4.74 Å². The molecule has 0 fully saturated rings. The van der Waals surface area contributed by atoms with Gasteiger partial charge in [-0.25, -0.2) is 4.79 Å². The van der Waals surface area contributed by atoms with Crippen molar-refractivity contribution < 1.29 is 14.6 Å². The quantitative estimate of drug-likeness (QED) is 0.847. The van der Waals surface area contributed by atoms with Crippen molar-refractivity contribution in [3.8, 4) is 0 Å². The summed E-state index contributed by atoms with van der Waals surface area (Å²) < 4.78 is 7.78. The number of rotatable bonds is 5. The lowest BCUT2D eigenvalue weighted by atomic mass is 10.2. The van der Waals surface area contributed by atoms with Gasteiger partial charge in [-0.05, 0) is 35.1 Å². The van der Waals surface area contributed by atoms with Crippen LogP contribution in [0.3, 0.4) is 0 Å². The third-order valence-electron chi connectivity index (χ3n) is 2.26. The van der Waals surface area contributed by atoms with Gasteiger partial charge >= 0.3 is 5.97 Å². The SMILES string of the molecule is CCC(COC)n1cc(I)cc1C(=O)O. The second-order valence-electron chi connectivity index (χ2n) is 3.27. The number of nitrogens with zero attached hydrogens (tertiary/aromatic N) is 1. The molecule has 0 aliphatic carbocycles. The predicted molar refractivity (Wildman–Crippen MR) is 65.3 cm³/mol. The van der Waals surface area contributed by atoms with E-state index in [1.54, 1.807) is 17.7 Å². The van der Waals surface area contributed by atoms with Crippen LogP contribution in [0.25, 0.3) is 0 Å². The van der Waals surface area contributed by atoms with Gasteiger partial charge in [0.1, 0.15) is 5.69 Å². The highest BCUT2D eigenvalue weighted by molar-refractivity contribution is 14.1. The molecular formula is C10H14INO3. The molecular weight excluding hydrogens is 309 g/mol. The minimum Gasteiger partial charge on any atom is -0.477 e. The van der Waals surface area contributed by atoms with E-state index in [1.807, 2.05) is 13.1 Å². The van der Waals surface area contributed by atoms with Crippen LogP contribution in [0.4, 0.5) is 0 Å². The van der Waals surface area contributed by atoms with E-state index in [9.17, 15) is 4.79 Å². The molecule has 0 saturated heterocycles. The Morgan fingerprint density at radius 2 is 2.40 bits per heavy atom. The van der Waals surface area contributed by atoms with E-state index in [1.165, 1.54) is 0 Å². The molecule has 0 spiro atoms. The zero-order chi connectivity index (χ0) is 11.4. The van der Waals surface area contributed by atoms with Gasteiger partial charge in [-0.2, -0.15) is 0 Å². The van der Waals surface area contributed by atoms with Crippen LogP contribution in [0.1, 0.15) is 29.9 Å². The lowest BCUT2D eigenvalue weighted by Crippen LogP contribution is -2.17. The summed E-state index contributed by atoms with van der Waals surface area (Å²) in [6, 6.07) is 1.76. The average Bonchev–Trinajstić information content (AvgIpc) is 2.56. The Labute approximate surface area is 102 Å². The molecule has 0 bridgehead atoms. The van der Waals surface area contributed by atoms with Crippen LogP contribution >= 0.6 is 22.6 Å². The molecule has 0 aliphatic heterocycles. The first-order chi connectivity index (χ1) is 7.10. The molecule has 4 nitrogen and oxygen atoms in total. The Kier molecular flexibility index (Phi) is 4.59. The van der Waals surface area contributed by atoms with E-state index in [-0.39, 0.29) is 6.04 Å². The summed E-state index contributed by atoms with van der Waals surface area (Å²) in [7, 11) is 1.62. The molecule has 1 aromatic heterocycles. The molecule has 1 rings (SSSR count). The van der Waals surface area contributed by atoms with Crippen molar-refractivity contribution in [2.75, 3.05) is 13.7 Å². The zero-order valence-corrected chi connectivity index (χ0v) is 10.9. The van der Waals surface area contributed by atoms with Gasteiger partial charge in [0.05, 0.1) is 12.6 Å². The van der Waals surface area contributed by atoms with Crippen LogP contribution in [0.15, 0.2) is 12.3 Å². The summed E-state index contributed by atoms with van der Waals surface area (Å²) in [6.07, 6.45) is 2.69. The van der Waals surface area contributed by atoms with Crippen LogP contribution in [0.5, 0.6) is 0 Å². The number of carbonyl (C=O) groups is 1. The lowest BCUT2D eigenvalue weighted by Gasteiger charge is -2.17. The summed E-state index contributed by atoms with van der Waals surface area (Å²) in [5.41, 5.74) is 0.323. The molecule has 5 heteroatoms. The van der Waals surface area contributed by atoms with E-state index in [2.05, 4.69) is 22.6 Å². The number of methoxy groups -OCH3 is 1. The Bertz CT molecular complexity index is 348. The maximum Gasteiger partial charge on any atom is 0.352 e. The number of hydrogen-bond donors (Lipinski definition) is 1. The largest absolute Gasteiger partial charge is 0.477 e. The zero-order valence-electron chi connectivity index (χ0n) is 8.74. The Balaban J connectivity index is 3.04. The summed E-state index contributed by atoms with van der Waals surface area (Å²) in [6.45, 7) is 2.55. The second kappa shape index (κ2) is 5.50. The van der Waals surface area contributed by atoms with E-state index in [0.717, 1.165) is 9.99 Å². The Morgan fingerprint density at radius 1 is 1.73 bits per heavy atom. The molecule has 0 radical (unpaired) electrons. The van der Waals surface area contributed by atoms with Gasteiger partial charge in [-0.15, -0.1) is 0 Å². The molecule has 0 aromatic carbocycles. The van der Waals surface area contributed by atoms with E-state index in [4.69, 9.17) is 9.84 Å². The number of carboxylic acid groups (broad SMARTS) is 1. The van der Waals surface area contributed by atoms with Gasteiger partial charge in [-0.3, -0.25) is 0 Å². The summed E-state index contributed by atoms with van der Waals surface area (Å²) in [4.78, 5) is 11.0. The van der Waals surface area contributed by atoms with Gasteiger partial charge in [-0.1, -0.05) is 6.92 Å². The summed E-state index contributed by atoms with van der Waals surface area (Å²) in [5.74, 6) is -0.896. The van der Waals surface area contributed by atoms with Crippen LogP contribution in [0, 0.1) is 3.57 Å².